The summed E-state index contributed by atoms with van der Waals surface area (Å²) in [7, 11) is 0. The first-order chi connectivity index (χ1) is 8.85. The molecule has 0 aliphatic carbocycles. The Morgan fingerprint density at radius 1 is 1.37 bits per heavy atom. The van der Waals surface area contributed by atoms with Crippen molar-refractivity contribution in [2.75, 3.05) is 30.4 Å². The predicted octanol–water partition coefficient (Wildman–Crippen LogP) is 2.20. The van der Waals surface area contributed by atoms with Crippen LogP contribution in [0.3, 0.4) is 0 Å². The molecule has 1 amide bonds. The highest BCUT2D eigenvalue weighted by Gasteiger charge is 2.28. The van der Waals surface area contributed by atoms with Gasteiger partial charge in [0.15, 0.2) is 0 Å². The second kappa shape index (κ2) is 6.42. The van der Waals surface area contributed by atoms with Crippen molar-refractivity contribution in [3.05, 3.63) is 24.3 Å². The van der Waals surface area contributed by atoms with Gasteiger partial charge in [0, 0.05) is 6.54 Å². The van der Waals surface area contributed by atoms with Gasteiger partial charge in [-0.15, -0.1) is 0 Å². The number of hydrogen-bond acceptors (Lipinski definition) is 3. The number of ether oxygens (including phenoxy) is 1. The van der Waals surface area contributed by atoms with Crippen molar-refractivity contribution in [3.63, 3.8) is 0 Å². The minimum absolute atomic E-state index is 0.294. The molecule has 4 nitrogen and oxygen atoms in total. The Hall–Kier alpha value is -1.76. The van der Waals surface area contributed by atoms with Gasteiger partial charge in [0.1, 0.15) is 13.2 Å². The average Bonchev–Trinajstić information content (AvgIpc) is 2.31. The highest BCUT2D eigenvalue weighted by atomic mass is 19.4. The Kier molecular flexibility index (Phi) is 5.17. The first-order valence-electron chi connectivity index (χ1n) is 5.64. The van der Waals surface area contributed by atoms with Gasteiger partial charge in [0.05, 0.1) is 11.4 Å². The number of carbonyl (C=O) groups excluding carboxylic acids is 1. The summed E-state index contributed by atoms with van der Waals surface area (Å²) < 4.78 is 40.1. The van der Waals surface area contributed by atoms with Crippen LogP contribution in [-0.2, 0) is 9.53 Å². The molecule has 1 aromatic carbocycles. The predicted molar refractivity (Wildman–Crippen MR) is 65.8 cm³/mol. The van der Waals surface area contributed by atoms with E-state index in [0.717, 1.165) is 0 Å². The van der Waals surface area contributed by atoms with E-state index in [9.17, 15) is 18.0 Å². The number of rotatable bonds is 5. The molecule has 2 N–H and O–H groups in total. The van der Waals surface area contributed by atoms with E-state index in [1.54, 1.807) is 31.2 Å². The van der Waals surface area contributed by atoms with Crippen molar-refractivity contribution in [3.8, 4) is 0 Å². The number of nitrogen functional groups attached to an aromatic ring is 1. The highest BCUT2D eigenvalue weighted by Crippen LogP contribution is 2.22. The van der Waals surface area contributed by atoms with Crippen molar-refractivity contribution in [1.82, 2.24) is 0 Å². The molecule has 0 unspecified atom stereocenters. The van der Waals surface area contributed by atoms with Gasteiger partial charge < -0.3 is 15.4 Å². The number of likely N-dealkylation sites (N-methyl/N-ethyl adjacent to an activating group) is 1. The Morgan fingerprint density at radius 3 is 2.53 bits per heavy atom. The van der Waals surface area contributed by atoms with E-state index in [2.05, 4.69) is 4.74 Å². The first kappa shape index (κ1) is 15.3. The van der Waals surface area contributed by atoms with Crippen LogP contribution in [0.15, 0.2) is 24.3 Å². The maximum atomic E-state index is 11.9. The number of halogens is 3. The van der Waals surface area contributed by atoms with Crippen LogP contribution in [0, 0.1) is 0 Å². The fourth-order valence-corrected chi connectivity index (χ4v) is 1.55. The molecule has 0 aromatic heterocycles. The second-order valence-corrected chi connectivity index (χ2v) is 3.80. The molecular weight excluding hydrogens is 261 g/mol. The minimum Gasteiger partial charge on any atom is -0.397 e. The molecule has 0 aliphatic heterocycles. The minimum atomic E-state index is -4.44. The van der Waals surface area contributed by atoms with Crippen LogP contribution in [0.5, 0.6) is 0 Å². The van der Waals surface area contributed by atoms with Crippen LogP contribution in [0.25, 0.3) is 0 Å². The number of anilines is 2. The smallest absolute Gasteiger partial charge is 0.397 e. The fourth-order valence-electron chi connectivity index (χ4n) is 1.55. The van der Waals surface area contributed by atoms with Crippen LogP contribution >= 0.6 is 0 Å². The SMILES string of the molecule is CCN(C(=O)COCC(F)(F)F)c1ccccc1N. The molecule has 1 aromatic rings. The maximum absolute atomic E-state index is 11.9. The summed E-state index contributed by atoms with van der Waals surface area (Å²) >= 11 is 0. The second-order valence-electron chi connectivity index (χ2n) is 3.80. The summed E-state index contributed by atoms with van der Waals surface area (Å²) in [5, 5.41) is 0. The summed E-state index contributed by atoms with van der Waals surface area (Å²) in [6, 6.07) is 6.64. The van der Waals surface area contributed by atoms with Crippen molar-refractivity contribution >= 4 is 17.3 Å². The number of nitrogens with two attached hydrogens (primary N) is 1. The largest absolute Gasteiger partial charge is 0.411 e. The average molecular weight is 276 g/mol. The molecule has 0 fully saturated rings. The molecule has 0 saturated carbocycles. The van der Waals surface area contributed by atoms with Gasteiger partial charge in [-0.05, 0) is 19.1 Å². The molecule has 0 radical (unpaired) electrons. The Labute approximate surface area is 108 Å². The number of benzene rings is 1. The van der Waals surface area contributed by atoms with Gasteiger partial charge >= 0.3 is 6.18 Å². The fraction of sp³-hybridized carbons (Fsp3) is 0.417. The van der Waals surface area contributed by atoms with Gasteiger partial charge in [-0.3, -0.25) is 4.79 Å². The molecule has 7 heteroatoms. The van der Waals surface area contributed by atoms with E-state index in [-0.39, 0.29) is 0 Å². The third kappa shape index (κ3) is 4.78. The molecule has 0 aliphatic rings. The lowest BCUT2D eigenvalue weighted by Crippen LogP contribution is -2.35. The Morgan fingerprint density at radius 2 is 2.00 bits per heavy atom. The maximum Gasteiger partial charge on any atom is 0.411 e. The first-order valence-corrected chi connectivity index (χ1v) is 5.64. The van der Waals surface area contributed by atoms with E-state index in [4.69, 9.17) is 5.73 Å². The number of amides is 1. The quantitative estimate of drug-likeness (QED) is 0.839. The standard InChI is InChI=1S/C12H15F3N2O2/c1-2-17(10-6-4-3-5-9(10)16)11(18)7-19-8-12(13,14)15/h3-6H,2,7-8,16H2,1H3. The lowest BCUT2D eigenvalue weighted by atomic mass is 10.2. The van der Waals surface area contributed by atoms with E-state index in [1.165, 1.54) is 4.90 Å². The molecule has 0 saturated heterocycles. The van der Waals surface area contributed by atoms with Gasteiger partial charge in [-0.2, -0.15) is 13.2 Å². The van der Waals surface area contributed by atoms with Crippen LogP contribution in [-0.4, -0.2) is 31.8 Å². The number of hydrogen-bond donors (Lipinski definition) is 1. The monoisotopic (exact) mass is 276 g/mol. The molecule has 1 rings (SSSR count). The summed E-state index contributed by atoms with van der Waals surface area (Å²) in [5.41, 5.74) is 6.56. The zero-order chi connectivity index (χ0) is 14.5. The van der Waals surface area contributed by atoms with Crippen LogP contribution in [0.1, 0.15) is 6.92 Å². The van der Waals surface area contributed by atoms with E-state index < -0.39 is 25.3 Å². The van der Waals surface area contributed by atoms with E-state index in [0.29, 0.717) is 17.9 Å². The van der Waals surface area contributed by atoms with Gasteiger partial charge in [-0.25, -0.2) is 0 Å². The third-order valence-electron chi connectivity index (χ3n) is 2.34. The molecular formula is C12H15F3N2O2. The van der Waals surface area contributed by atoms with Crippen molar-refractivity contribution in [2.45, 2.75) is 13.1 Å². The van der Waals surface area contributed by atoms with Gasteiger partial charge in [-0.1, -0.05) is 12.1 Å². The lowest BCUT2D eigenvalue weighted by Gasteiger charge is -2.22. The lowest BCUT2D eigenvalue weighted by molar-refractivity contribution is -0.175. The van der Waals surface area contributed by atoms with Crippen LogP contribution < -0.4 is 10.6 Å². The number of para-hydroxylation sites is 2. The summed E-state index contributed by atoms with van der Waals surface area (Å²) in [6.45, 7) is -0.0846. The highest BCUT2D eigenvalue weighted by molar-refractivity contribution is 5.97. The molecule has 0 bridgehead atoms. The summed E-state index contributed by atoms with van der Waals surface area (Å²) in [6.07, 6.45) is -4.44. The van der Waals surface area contributed by atoms with Crippen molar-refractivity contribution in [1.29, 1.82) is 0 Å². The molecule has 0 atom stereocenters. The normalized spacial score (nSPS) is 11.4. The Balaban J connectivity index is 2.65. The Bertz CT molecular complexity index is 435. The van der Waals surface area contributed by atoms with Crippen LogP contribution in [0.4, 0.5) is 24.5 Å². The van der Waals surface area contributed by atoms with Crippen molar-refractivity contribution in [2.24, 2.45) is 0 Å². The molecule has 0 heterocycles. The van der Waals surface area contributed by atoms with Gasteiger partial charge in [0.2, 0.25) is 0 Å². The summed E-state index contributed by atoms with van der Waals surface area (Å²) in [5.74, 6) is -0.565. The number of nitrogens with zero attached hydrogens (tertiary/aromatic N) is 1. The summed E-state index contributed by atoms with van der Waals surface area (Å²) in [4.78, 5) is 13.1. The van der Waals surface area contributed by atoms with Gasteiger partial charge in [0.25, 0.3) is 5.91 Å². The zero-order valence-corrected chi connectivity index (χ0v) is 10.4. The number of alkyl halides is 3. The van der Waals surface area contributed by atoms with Crippen LogP contribution in [0.2, 0.25) is 0 Å². The van der Waals surface area contributed by atoms with E-state index in [1.807, 2.05) is 0 Å². The zero-order valence-electron chi connectivity index (χ0n) is 10.4. The van der Waals surface area contributed by atoms with Crippen molar-refractivity contribution < 1.29 is 22.7 Å². The topological polar surface area (TPSA) is 55.6 Å². The molecule has 106 valence electrons. The van der Waals surface area contributed by atoms with E-state index >= 15 is 0 Å². The molecule has 0 spiro atoms. The number of carbonyl (C=O) groups is 1. The third-order valence-corrected chi connectivity index (χ3v) is 2.34. The molecule has 19 heavy (non-hydrogen) atoms.